The molecule has 8 nitrogen and oxygen atoms in total. The molecule has 0 aliphatic carbocycles. The summed E-state index contributed by atoms with van der Waals surface area (Å²) in [7, 11) is 1.23. The first-order chi connectivity index (χ1) is 16.4. The molecule has 2 aromatic rings. The third-order valence-electron chi connectivity index (χ3n) is 4.25. The standard InChI is InChI=1S/C22H22F3IN3O5P/c1-12-4-5-15(9-17(12)23)32-11-20(30)29-14(3)19(34-26)8-13(2)28-21(31)18-7-6-16(10-27-18)33-22(24,25)35/h4-7,9-10,19H,2-3,8,11,35H2,1H3,(H,28,31)(H,29,30). The molecular weight excluding hydrogens is 601 g/mol. The summed E-state index contributed by atoms with van der Waals surface area (Å²) in [4.78, 5) is 28.3. The van der Waals surface area contributed by atoms with Gasteiger partial charge in [0.05, 0.1) is 6.20 Å². The maximum absolute atomic E-state index is 13.6. The lowest BCUT2D eigenvalue weighted by molar-refractivity contribution is -0.122. The molecule has 35 heavy (non-hydrogen) atoms. The Bertz CT molecular complexity index is 1100. The van der Waals surface area contributed by atoms with Gasteiger partial charge in [0.15, 0.2) is 6.61 Å². The lowest BCUT2D eigenvalue weighted by Gasteiger charge is -2.19. The molecule has 1 aromatic carbocycles. The summed E-state index contributed by atoms with van der Waals surface area (Å²) in [6, 6.07) is 6.62. The average molecular weight is 623 g/mol. The number of alkyl halides is 2. The highest BCUT2D eigenvalue weighted by atomic mass is 127. The van der Waals surface area contributed by atoms with Gasteiger partial charge < -0.3 is 23.2 Å². The minimum absolute atomic E-state index is 0.0539. The van der Waals surface area contributed by atoms with E-state index >= 15 is 0 Å². The number of aryl methyl sites for hydroxylation is 1. The van der Waals surface area contributed by atoms with Gasteiger partial charge in [-0.1, -0.05) is 19.2 Å². The number of ether oxygens (including phenoxy) is 2. The van der Waals surface area contributed by atoms with Crippen LogP contribution in [0.4, 0.5) is 13.2 Å². The van der Waals surface area contributed by atoms with Gasteiger partial charge in [0, 0.05) is 23.9 Å². The van der Waals surface area contributed by atoms with Crippen molar-refractivity contribution < 1.29 is 35.3 Å². The summed E-state index contributed by atoms with van der Waals surface area (Å²) in [6.45, 7) is 8.72. The van der Waals surface area contributed by atoms with Crippen LogP contribution >= 0.6 is 32.2 Å². The Hall–Kier alpha value is -2.70. The SMILES string of the molecule is C=C(CC(OI)C(=C)NC(=O)COc1ccc(C)c(F)c1)NC(=O)c1ccc(OC(F)(F)P)cn1. The van der Waals surface area contributed by atoms with Crippen molar-refractivity contribution in [3.63, 3.8) is 0 Å². The summed E-state index contributed by atoms with van der Waals surface area (Å²) < 4.78 is 54.1. The van der Waals surface area contributed by atoms with E-state index in [1.54, 1.807) is 29.9 Å². The number of hydrogen-bond donors (Lipinski definition) is 2. The van der Waals surface area contributed by atoms with Crippen LogP contribution in [0.3, 0.4) is 0 Å². The second-order valence-corrected chi connectivity index (χ2v) is 8.34. The zero-order chi connectivity index (χ0) is 26.2. The van der Waals surface area contributed by atoms with Gasteiger partial charge in [-0.2, -0.15) is 8.78 Å². The van der Waals surface area contributed by atoms with Gasteiger partial charge in [0.2, 0.25) is 0 Å². The van der Waals surface area contributed by atoms with E-state index in [1.165, 1.54) is 39.6 Å². The van der Waals surface area contributed by atoms with Crippen molar-refractivity contribution in [3.05, 3.63) is 78.2 Å². The fourth-order valence-electron chi connectivity index (χ4n) is 2.55. The number of halogens is 4. The van der Waals surface area contributed by atoms with E-state index in [1.807, 2.05) is 0 Å². The van der Waals surface area contributed by atoms with Crippen molar-refractivity contribution in [2.24, 2.45) is 0 Å². The van der Waals surface area contributed by atoms with Crippen LogP contribution in [0, 0.1) is 12.7 Å². The molecule has 0 saturated carbocycles. The van der Waals surface area contributed by atoms with E-state index in [4.69, 9.17) is 7.80 Å². The minimum atomic E-state index is -3.46. The summed E-state index contributed by atoms with van der Waals surface area (Å²) in [5, 5.41) is 5.02. The van der Waals surface area contributed by atoms with Gasteiger partial charge in [0.25, 0.3) is 11.8 Å². The predicted molar refractivity (Wildman–Crippen MR) is 134 cm³/mol. The van der Waals surface area contributed by atoms with Gasteiger partial charge in [-0.25, -0.2) is 9.37 Å². The number of pyridine rings is 1. The average Bonchev–Trinajstić information content (AvgIpc) is 2.77. The van der Waals surface area contributed by atoms with E-state index in [0.29, 0.717) is 5.56 Å². The highest BCUT2D eigenvalue weighted by Gasteiger charge is 2.24. The van der Waals surface area contributed by atoms with Crippen LogP contribution in [0.15, 0.2) is 61.1 Å². The van der Waals surface area contributed by atoms with Crippen LogP contribution in [0.25, 0.3) is 0 Å². The molecule has 0 aliphatic heterocycles. The molecule has 188 valence electrons. The predicted octanol–water partition coefficient (Wildman–Crippen LogP) is 4.41. The van der Waals surface area contributed by atoms with Crippen molar-refractivity contribution in [1.29, 1.82) is 0 Å². The molecule has 0 fully saturated rings. The van der Waals surface area contributed by atoms with Crippen LogP contribution < -0.4 is 20.1 Å². The molecule has 2 amide bonds. The number of nitrogens with zero attached hydrogens (tertiary/aromatic N) is 1. The lowest BCUT2D eigenvalue weighted by atomic mass is 10.1. The Balaban J connectivity index is 1.84. The first-order valence-corrected chi connectivity index (χ1v) is 11.3. The Labute approximate surface area is 216 Å². The Morgan fingerprint density at radius 2 is 1.89 bits per heavy atom. The van der Waals surface area contributed by atoms with Crippen LogP contribution in [0.5, 0.6) is 11.5 Å². The molecule has 0 bridgehead atoms. The maximum Gasteiger partial charge on any atom is 0.408 e. The number of nitrogens with one attached hydrogen (secondary N) is 2. The van der Waals surface area contributed by atoms with Crippen LogP contribution in [-0.2, 0) is 7.86 Å². The largest absolute Gasteiger partial charge is 0.484 e. The summed E-state index contributed by atoms with van der Waals surface area (Å²) in [5.41, 5.74) is 0.787. The van der Waals surface area contributed by atoms with Gasteiger partial charge in [0.1, 0.15) is 52.1 Å². The zero-order valence-corrected chi connectivity index (χ0v) is 21.8. The highest BCUT2D eigenvalue weighted by Crippen LogP contribution is 2.26. The van der Waals surface area contributed by atoms with Crippen molar-refractivity contribution in [3.8, 4) is 11.5 Å². The number of hydrogen-bond acceptors (Lipinski definition) is 6. The lowest BCUT2D eigenvalue weighted by Crippen LogP contribution is -2.34. The maximum atomic E-state index is 13.6. The van der Waals surface area contributed by atoms with Crippen molar-refractivity contribution in [2.75, 3.05) is 6.61 Å². The van der Waals surface area contributed by atoms with Crippen molar-refractivity contribution >= 4 is 44.1 Å². The van der Waals surface area contributed by atoms with E-state index in [0.717, 1.165) is 6.20 Å². The third-order valence-corrected chi connectivity index (χ3v) is 4.99. The Morgan fingerprint density at radius 1 is 1.20 bits per heavy atom. The monoisotopic (exact) mass is 623 g/mol. The molecule has 0 radical (unpaired) electrons. The molecule has 2 N–H and O–H groups in total. The van der Waals surface area contributed by atoms with Crippen LogP contribution in [0.1, 0.15) is 22.5 Å². The minimum Gasteiger partial charge on any atom is -0.484 e. The Kier molecular flexibility index (Phi) is 10.5. The van der Waals surface area contributed by atoms with Gasteiger partial charge in [-0.15, -0.1) is 0 Å². The molecule has 2 atom stereocenters. The molecule has 0 aliphatic rings. The number of rotatable bonds is 12. The van der Waals surface area contributed by atoms with Crippen molar-refractivity contribution in [2.45, 2.75) is 25.3 Å². The molecule has 1 aromatic heterocycles. The van der Waals surface area contributed by atoms with E-state index in [9.17, 15) is 22.8 Å². The van der Waals surface area contributed by atoms with E-state index < -0.39 is 29.6 Å². The Morgan fingerprint density at radius 3 is 2.46 bits per heavy atom. The smallest absolute Gasteiger partial charge is 0.408 e. The second kappa shape index (κ2) is 12.8. The molecule has 0 saturated heterocycles. The van der Waals surface area contributed by atoms with Crippen LogP contribution in [-0.4, -0.2) is 35.4 Å². The van der Waals surface area contributed by atoms with E-state index in [-0.39, 0.29) is 41.6 Å². The van der Waals surface area contributed by atoms with Crippen molar-refractivity contribution in [1.82, 2.24) is 15.6 Å². The number of aromatic nitrogens is 1. The summed E-state index contributed by atoms with van der Waals surface area (Å²) in [6.07, 6.45) is 0.284. The molecule has 13 heteroatoms. The fraction of sp³-hybridized carbons (Fsp3) is 0.227. The van der Waals surface area contributed by atoms with Gasteiger partial charge in [-0.05, 0) is 39.9 Å². The quantitative estimate of drug-likeness (QED) is 0.269. The molecule has 1 heterocycles. The van der Waals surface area contributed by atoms with E-state index in [2.05, 4.69) is 33.5 Å². The molecule has 2 rings (SSSR count). The summed E-state index contributed by atoms with van der Waals surface area (Å²) >= 11 is 1.61. The number of carbonyl (C=O) groups excluding carboxylic acids is 2. The molecule has 0 spiro atoms. The second-order valence-electron chi connectivity index (χ2n) is 7.16. The normalized spacial score (nSPS) is 11.8. The fourth-order valence-corrected chi connectivity index (χ4v) is 3.17. The number of carbonyl (C=O) groups is 2. The first kappa shape index (κ1) is 28.5. The third kappa shape index (κ3) is 9.82. The highest BCUT2D eigenvalue weighted by molar-refractivity contribution is 14.1. The van der Waals surface area contributed by atoms with Gasteiger partial charge in [-0.3, -0.25) is 9.59 Å². The number of benzene rings is 1. The molecule has 2 unspecified atom stereocenters. The van der Waals surface area contributed by atoms with Gasteiger partial charge >= 0.3 is 5.85 Å². The zero-order valence-electron chi connectivity index (χ0n) is 18.4. The molecular formula is C22H22F3IN3O5P. The first-order valence-electron chi connectivity index (χ1n) is 9.84. The van der Waals surface area contributed by atoms with Crippen LogP contribution in [0.2, 0.25) is 0 Å². The number of amides is 2. The topological polar surface area (TPSA) is 98.8 Å². The summed E-state index contributed by atoms with van der Waals surface area (Å²) in [5.74, 6) is -5.13.